The van der Waals surface area contributed by atoms with Gasteiger partial charge in [0.05, 0.1) is 13.3 Å². The summed E-state index contributed by atoms with van der Waals surface area (Å²) in [7, 11) is 3.83. The highest BCUT2D eigenvalue weighted by Gasteiger charge is 2.22. The fourth-order valence-electron chi connectivity index (χ4n) is 2.79. The van der Waals surface area contributed by atoms with Crippen molar-refractivity contribution in [3.63, 3.8) is 0 Å². The molecule has 0 bridgehead atoms. The SMILES string of the molecule is COc1c(-c2cn[nH]c2N)ccc2c1CCCN2C. The minimum absolute atomic E-state index is 0.572. The van der Waals surface area contributed by atoms with Crippen LogP contribution in [0.3, 0.4) is 0 Å². The van der Waals surface area contributed by atoms with Crippen LogP contribution in [0.1, 0.15) is 12.0 Å². The lowest BCUT2D eigenvalue weighted by Gasteiger charge is -2.29. The largest absolute Gasteiger partial charge is 0.496 e. The Hall–Kier alpha value is -2.17. The van der Waals surface area contributed by atoms with Gasteiger partial charge < -0.3 is 15.4 Å². The Morgan fingerprint density at radius 3 is 2.89 bits per heavy atom. The number of aromatic amines is 1. The third-order valence-corrected chi connectivity index (χ3v) is 3.73. The van der Waals surface area contributed by atoms with E-state index in [1.54, 1.807) is 13.3 Å². The molecule has 19 heavy (non-hydrogen) atoms. The second-order valence-corrected chi connectivity index (χ2v) is 4.87. The zero-order valence-corrected chi connectivity index (χ0v) is 11.2. The van der Waals surface area contributed by atoms with Gasteiger partial charge in [-0.25, -0.2) is 0 Å². The van der Waals surface area contributed by atoms with Gasteiger partial charge in [0.25, 0.3) is 0 Å². The summed E-state index contributed by atoms with van der Waals surface area (Å²) in [4.78, 5) is 2.27. The zero-order chi connectivity index (χ0) is 13.4. The first-order chi connectivity index (χ1) is 9.22. The molecule has 5 heteroatoms. The van der Waals surface area contributed by atoms with E-state index in [0.29, 0.717) is 5.82 Å². The van der Waals surface area contributed by atoms with Crippen molar-refractivity contribution in [2.24, 2.45) is 0 Å². The van der Waals surface area contributed by atoms with Crippen molar-refractivity contribution >= 4 is 11.5 Å². The third-order valence-electron chi connectivity index (χ3n) is 3.73. The van der Waals surface area contributed by atoms with E-state index >= 15 is 0 Å². The van der Waals surface area contributed by atoms with Crippen LogP contribution in [0.4, 0.5) is 11.5 Å². The maximum absolute atomic E-state index is 5.92. The number of aromatic nitrogens is 2. The number of fused-ring (bicyclic) bond motifs is 1. The summed E-state index contributed by atoms with van der Waals surface area (Å²) in [6, 6.07) is 4.19. The minimum atomic E-state index is 0.572. The number of hydrogen-bond acceptors (Lipinski definition) is 4. The molecule has 1 aromatic heterocycles. The highest BCUT2D eigenvalue weighted by molar-refractivity contribution is 5.82. The summed E-state index contributed by atoms with van der Waals surface area (Å²) in [6.45, 7) is 1.09. The zero-order valence-electron chi connectivity index (χ0n) is 11.2. The molecule has 1 aliphatic rings. The Balaban J connectivity index is 2.20. The van der Waals surface area contributed by atoms with Gasteiger partial charge in [-0.15, -0.1) is 0 Å². The van der Waals surface area contributed by atoms with Crippen LogP contribution in [0.25, 0.3) is 11.1 Å². The van der Waals surface area contributed by atoms with Crippen LogP contribution in [0.15, 0.2) is 18.3 Å². The number of benzene rings is 1. The first-order valence-corrected chi connectivity index (χ1v) is 6.42. The van der Waals surface area contributed by atoms with Crippen LogP contribution in [-0.2, 0) is 6.42 Å². The quantitative estimate of drug-likeness (QED) is 0.865. The number of hydrogen-bond donors (Lipinski definition) is 2. The van der Waals surface area contributed by atoms with Gasteiger partial charge in [-0.05, 0) is 25.0 Å². The van der Waals surface area contributed by atoms with Gasteiger partial charge in [0.2, 0.25) is 0 Å². The summed E-state index contributed by atoms with van der Waals surface area (Å²) in [6.07, 6.45) is 3.92. The second kappa shape index (κ2) is 4.50. The van der Waals surface area contributed by atoms with E-state index in [1.807, 2.05) is 0 Å². The maximum atomic E-state index is 5.92. The van der Waals surface area contributed by atoms with Gasteiger partial charge in [0.15, 0.2) is 0 Å². The molecule has 0 saturated carbocycles. The van der Waals surface area contributed by atoms with E-state index < -0.39 is 0 Å². The monoisotopic (exact) mass is 258 g/mol. The number of ether oxygens (including phenoxy) is 1. The molecular formula is C14H18N4O. The molecule has 2 aromatic rings. The number of rotatable bonds is 2. The van der Waals surface area contributed by atoms with Crippen molar-refractivity contribution in [2.75, 3.05) is 31.3 Å². The molecule has 0 spiro atoms. The van der Waals surface area contributed by atoms with Crippen molar-refractivity contribution in [2.45, 2.75) is 12.8 Å². The second-order valence-electron chi connectivity index (χ2n) is 4.87. The fraction of sp³-hybridized carbons (Fsp3) is 0.357. The first-order valence-electron chi connectivity index (χ1n) is 6.42. The molecule has 3 rings (SSSR count). The van der Waals surface area contributed by atoms with Crippen molar-refractivity contribution in [1.82, 2.24) is 10.2 Å². The van der Waals surface area contributed by atoms with E-state index in [1.165, 1.54) is 11.3 Å². The molecule has 5 nitrogen and oxygen atoms in total. The molecule has 2 heterocycles. The number of nitrogen functional groups attached to an aromatic ring is 1. The highest BCUT2D eigenvalue weighted by atomic mass is 16.5. The average molecular weight is 258 g/mol. The predicted octanol–water partition coefficient (Wildman–Crippen LogP) is 2.05. The lowest BCUT2D eigenvalue weighted by molar-refractivity contribution is 0.410. The molecule has 0 atom stereocenters. The number of nitrogens with one attached hydrogen (secondary N) is 1. The molecule has 0 amide bonds. The van der Waals surface area contributed by atoms with Crippen LogP contribution in [0, 0.1) is 0 Å². The van der Waals surface area contributed by atoms with Crippen LogP contribution < -0.4 is 15.4 Å². The summed E-state index contributed by atoms with van der Waals surface area (Å²) in [5, 5.41) is 6.75. The summed E-state index contributed by atoms with van der Waals surface area (Å²) < 4.78 is 5.65. The topological polar surface area (TPSA) is 67.2 Å². The fourth-order valence-corrected chi connectivity index (χ4v) is 2.79. The van der Waals surface area contributed by atoms with Gasteiger partial charge in [-0.2, -0.15) is 5.10 Å². The Bertz CT molecular complexity index is 605. The molecule has 100 valence electrons. The number of H-pyrrole nitrogens is 1. The van der Waals surface area contributed by atoms with Crippen molar-refractivity contribution < 1.29 is 4.74 Å². The Kier molecular flexibility index (Phi) is 2.81. The third kappa shape index (κ3) is 1.82. The van der Waals surface area contributed by atoms with Gasteiger partial charge in [-0.3, -0.25) is 5.10 Å². The van der Waals surface area contributed by atoms with E-state index in [9.17, 15) is 0 Å². The van der Waals surface area contributed by atoms with Gasteiger partial charge in [0, 0.05) is 36.0 Å². The summed E-state index contributed by atoms with van der Waals surface area (Å²) in [5.41, 5.74) is 10.3. The lowest BCUT2D eigenvalue weighted by Crippen LogP contribution is -2.25. The minimum Gasteiger partial charge on any atom is -0.496 e. The Labute approximate surface area is 112 Å². The molecule has 0 aliphatic carbocycles. The van der Waals surface area contributed by atoms with Crippen LogP contribution in [0.2, 0.25) is 0 Å². The molecule has 0 unspecified atom stereocenters. The summed E-state index contributed by atoms with van der Waals surface area (Å²) in [5.74, 6) is 1.49. The average Bonchev–Trinajstić information content (AvgIpc) is 2.84. The van der Waals surface area contributed by atoms with Gasteiger partial charge in [0.1, 0.15) is 11.6 Å². The summed E-state index contributed by atoms with van der Waals surface area (Å²) >= 11 is 0. The van der Waals surface area contributed by atoms with Crippen LogP contribution in [-0.4, -0.2) is 30.9 Å². The number of nitrogens with two attached hydrogens (primary N) is 1. The molecule has 3 N–H and O–H groups in total. The van der Waals surface area contributed by atoms with Crippen LogP contribution >= 0.6 is 0 Å². The van der Waals surface area contributed by atoms with Gasteiger partial charge in [-0.1, -0.05) is 0 Å². The van der Waals surface area contributed by atoms with E-state index in [4.69, 9.17) is 10.5 Å². The molecular weight excluding hydrogens is 240 g/mol. The van der Waals surface area contributed by atoms with Gasteiger partial charge >= 0.3 is 0 Å². The van der Waals surface area contributed by atoms with Crippen LogP contribution in [0.5, 0.6) is 5.75 Å². The first kappa shape index (κ1) is 11.9. The highest BCUT2D eigenvalue weighted by Crippen LogP contribution is 2.41. The maximum Gasteiger partial charge on any atom is 0.132 e. The normalized spacial score (nSPS) is 14.3. The number of anilines is 2. The molecule has 0 saturated heterocycles. The van der Waals surface area contributed by atoms with Crippen molar-refractivity contribution in [1.29, 1.82) is 0 Å². The lowest BCUT2D eigenvalue weighted by atomic mass is 9.95. The van der Waals surface area contributed by atoms with Crippen molar-refractivity contribution in [3.05, 3.63) is 23.9 Å². The smallest absolute Gasteiger partial charge is 0.132 e. The van der Waals surface area contributed by atoms with Crippen molar-refractivity contribution in [3.8, 4) is 16.9 Å². The Morgan fingerprint density at radius 2 is 2.21 bits per heavy atom. The number of nitrogens with zero attached hydrogens (tertiary/aromatic N) is 2. The Morgan fingerprint density at radius 1 is 1.37 bits per heavy atom. The van der Waals surface area contributed by atoms with E-state index in [-0.39, 0.29) is 0 Å². The number of methoxy groups -OCH3 is 1. The molecule has 1 aliphatic heterocycles. The molecule has 1 aromatic carbocycles. The predicted molar refractivity (Wildman–Crippen MR) is 76.6 cm³/mol. The van der Waals surface area contributed by atoms with E-state index in [0.717, 1.165) is 36.3 Å². The standard InChI is InChI=1S/C14H18N4O/c1-18-7-3-4-10-12(18)6-5-9(13(10)19-2)11-8-16-17-14(11)15/h5-6,8H,3-4,7H2,1-2H3,(H3,15,16,17). The molecule has 0 radical (unpaired) electrons. The van der Waals surface area contributed by atoms with E-state index in [2.05, 4.69) is 34.3 Å². The molecule has 0 fully saturated rings.